The number of hydrogen-bond acceptors (Lipinski definition) is 3. The Balaban J connectivity index is 2.27. The van der Waals surface area contributed by atoms with E-state index in [1.54, 1.807) is 18.3 Å². The lowest BCUT2D eigenvalue weighted by molar-refractivity contribution is 0.459. The highest BCUT2D eigenvalue weighted by atomic mass is 16.5. The third-order valence-corrected chi connectivity index (χ3v) is 3.01. The van der Waals surface area contributed by atoms with Gasteiger partial charge in [0.15, 0.2) is 0 Å². The predicted octanol–water partition coefficient (Wildman–Crippen LogP) is 4.06. The van der Waals surface area contributed by atoms with E-state index < -0.39 is 0 Å². The molecule has 0 radical (unpaired) electrons. The van der Waals surface area contributed by atoms with Gasteiger partial charge in [0.2, 0.25) is 5.88 Å². The van der Waals surface area contributed by atoms with E-state index in [4.69, 9.17) is 10.5 Å². The average Bonchev–Trinajstić information content (AvgIpc) is 2.30. The van der Waals surface area contributed by atoms with Gasteiger partial charge in [0.1, 0.15) is 5.75 Å². The van der Waals surface area contributed by atoms with E-state index in [1.807, 2.05) is 13.0 Å². The first kappa shape index (κ1) is 13.4. The van der Waals surface area contributed by atoms with Gasteiger partial charge in [0.05, 0.1) is 0 Å². The molecular weight excluding hydrogens is 236 g/mol. The zero-order chi connectivity index (χ0) is 14.0. The van der Waals surface area contributed by atoms with Crippen molar-refractivity contribution in [2.24, 2.45) is 0 Å². The number of nitrogens with zero attached hydrogens (tertiary/aromatic N) is 1. The fraction of sp³-hybridized carbons (Fsp3) is 0.312. The molecule has 2 rings (SSSR count). The molecule has 0 saturated carbocycles. The molecule has 0 saturated heterocycles. The minimum atomic E-state index is 0.138. The van der Waals surface area contributed by atoms with Crippen molar-refractivity contribution in [1.29, 1.82) is 0 Å². The molecule has 1 heterocycles. The van der Waals surface area contributed by atoms with E-state index in [-0.39, 0.29) is 5.41 Å². The molecule has 0 aliphatic heterocycles. The van der Waals surface area contributed by atoms with Gasteiger partial charge in [0, 0.05) is 18.0 Å². The highest BCUT2D eigenvalue weighted by Gasteiger charge is 2.15. The Morgan fingerprint density at radius 1 is 1.11 bits per heavy atom. The summed E-state index contributed by atoms with van der Waals surface area (Å²) in [6.45, 7) is 8.63. The maximum atomic E-state index is 5.77. The third-order valence-electron chi connectivity index (χ3n) is 3.01. The number of nitrogens with two attached hydrogens (primary N) is 1. The van der Waals surface area contributed by atoms with Gasteiger partial charge in [-0.05, 0) is 35.6 Å². The van der Waals surface area contributed by atoms with Crippen LogP contribution in [0.15, 0.2) is 36.5 Å². The topological polar surface area (TPSA) is 48.1 Å². The van der Waals surface area contributed by atoms with Crippen molar-refractivity contribution in [2.45, 2.75) is 33.1 Å². The highest BCUT2D eigenvalue weighted by Crippen LogP contribution is 2.29. The quantitative estimate of drug-likeness (QED) is 0.881. The normalized spacial score (nSPS) is 11.4. The summed E-state index contributed by atoms with van der Waals surface area (Å²) in [6, 6.07) is 9.69. The largest absolute Gasteiger partial charge is 0.439 e. The molecule has 100 valence electrons. The molecule has 0 aliphatic rings. The average molecular weight is 256 g/mol. The molecule has 2 aromatic rings. The van der Waals surface area contributed by atoms with Gasteiger partial charge in [-0.1, -0.05) is 32.9 Å². The molecule has 0 amide bonds. The van der Waals surface area contributed by atoms with Crippen LogP contribution in [0.5, 0.6) is 11.6 Å². The SMILES string of the molecule is Cc1cc(C(C)(C)C)ccc1Oc1cc(N)ccn1. The molecule has 3 nitrogen and oxygen atoms in total. The van der Waals surface area contributed by atoms with E-state index >= 15 is 0 Å². The molecule has 0 bridgehead atoms. The number of aryl methyl sites for hydroxylation is 1. The van der Waals surface area contributed by atoms with Gasteiger partial charge in [-0.15, -0.1) is 0 Å². The molecule has 1 aromatic heterocycles. The van der Waals surface area contributed by atoms with Crippen LogP contribution >= 0.6 is 0 Å². The van der Waals surface area contributed by atoms with Crippen LogP contribution in [0.1, 0.15) is 31.9 Å². The minimum Gasteiger partial charge on any atom is -0.439 e. The van der Waals surface area contributed by atoms with Crippen molar-refractivity contribution in [3.63, 3.8) is 0 Å². The summed E-state index contributed by atoms with van der Waals surface area (Å²) in [4.78, 5) is 4.14. The lowest BCUT2D eigenvalue weighted by atomic mass is 9.86. The molecule has 2 N–H and O–H groups in total. The second-order valence-electron chi connectivity index (χ2n) is 5.76. The number of rotatable bonds is 2. The summed E-state index contributed by atoms with van der Waals surface area (Å²) in [6.07, 6.45) is 1.64. The van der Waals surface area contributed by atoms with Crippen molar-refractivity contribution in [3.8, 4) is 11.6 Å². The summed E-state index contributed by atoms with van der Waals surface area (Å²) in [7, 11) is 0. The van der Waals surface area contributed by atoms with Crippen LogP contribution in [0, 0.1) is 6.92 Å². The van der Waals surface area contributed by atoms with Crippen LogP contribution in [0.2, 0.25) is 0 Å². The van der Waals surface area contributed by atoms with E-state index in [2.05, 4.69) is 37.9 Å². The van der Waals surface area contributed by atoms with Crippen molar-refractivity contribution in [2.75, 3.05) is 5.73 Å². The van der Waals surface area contributed by atoms with Crippen molar-refractivity contribution >= 4 is 5.69 Å². The Bertz CT molecular complexity index is 586. The van der Waals surface area contributed by atoms with Crippen molar-refractivity contribution in [3.05, 3.63) is 47.7 Å². The fourth-order valence-electron chi connectivity index (χ4n) is 1.82. The Morgan fingerprint density at radius 2 is 1.84 bits per heavy atom. The first-order chi connectivity index (χ1) is 8.86. The smallest absolute Gasteiger partial charge is 0.221 e. The van der Waals surface area contributed by atoms with E-state index in [0.29, 0.717) is 11.6 Å². The Morgan fingerprint density at radius 3 is 2.42 bits per heavy atom. The van der Waals surface area contributed by atoms with Crippen LogP contribution in [0.25, 0.3) is 0 Å². The lowest BCUT2D eigenvalue weighted by Crippen LogP contribution is -2.11. The van der Waals surface area contributed by atoms with Crippen LogP contribution in [0.3, 0.4) is 0 Å². The van der Waals surface area contributed by atoms with Crippen LogP contribution in [0.4, 0.5) is 5.69 Å². The standard InChI is InChI=1S/C16H20N2O/c1-11-9-12(16(2,3)4)5-6-14(11)19-15-10-13(17)7-8-18-15/h5-10H,1-4H3,(H2,17,18). The fourth-order valence-corrected chi connectivity index (χ4v) is 1.82. The molecule has 1 aromatic carbocycles. The van der Waals surface area contributed by atoms with Gasteiger partial charge in [0.25, 0.3) is 0 Å². The molecule has 0 unspecified atom stereocenters. The summed E-state index contributed by atoms with van der Waals surface area (Å²) in [5, 5.41) is 0. The van der Waals surface area contributed by atoms with Crippen LogP contribution in [-0.2, 0) is 5.41 Å². The summed E-state index contributed by atoms with van der Waals surface area (Å²) in [5.74, 6) is 1.33. The number of anilines is 1. The number of ether oxygens (including phenoxy) is 1. The van der Waals surface area contributed by atoms with Gasteiger partial charge >= 0.3 is 0 Å². The Hall–Kier alpha value is -2.03. The number of hydrogen-bond donors (Lipinski definition) is 1. The third kappa shape index (κ3) is 3.25. The van der Waals surface area contributed by atoms with E-state index in [1.165, 1.54) is 5.56 Å². The monoisotopic (exact) mass is 256 g/mol. The molecule has 19 heavy (non-hydrogen) atoms. The number of nitrogen functional groups attached to an aromatic ring is 1. The Labute approximate surface area is 114 Å². The molecular formula is C16H20N2O. The van der Waals surface area contributed by atoms with E-state index in [0.717, 1.165) is 11.3 Å². The van der Waals surface area contributed by atoms with Gasteiger partial charge in [-0.2, -0.15) is 0 Å². The van der Waals surface area contributed by atoms with Crippen LogP contribution in [-0.4, -0.2) is 4.98 Å². The molecule has 0 spiro atoms. The lowest BCUT2D eigenvalue weighted by Gasteiger charge is -2.20. The Kier molecular flexibility index (Phi) is 3.47. The summed E-state index contributed by atoms with van der Waals surface area (Å²) >= 11 is 0. The van der Waals surface area contributed by atoms with Crippen molar-refractivity contribution in [1.82, 2.24) is 4.98 Å². The number of aromatic nitrogens is 1. The number of benzene rings is 1. The number of pyridine rings is 1. The maximum Gasteiger partial charge on any atom is 0.221 e. The maximum absolute atomic E-state index is 5.77. The zero-order valence-electron chi connectivity index (χ0n) is 11.9. The molecule has 0 aliphatic carbocycles. The first-order valence-electron chi connectivity index (χ1n) is 6.37. The molecule has 0 fully saturated rings. The van der Waals surface area contributed by atoms with Crippen molar-refractivity contribution < 1.29 is 4.74 Å². The summed E-state index contributed by atoms with van der Waals surface area (Å²) in [5.41, 5.74) is 8.88. The molecule has 3 heteroatoms. The van der Waals surface area contributed by atoms with Gasteiger partial charge < -0.3 is 10.5 Å². The zero-order valence-corrected chi connectivity index (χ0v) is 11.9. The predicted molar refractivity (Wildman–Crippen MR) is 78.6 cm³/mol. The second-order valence-corrected chi connectivity index (χ2v) is 5.76. The summed E-state index contributed by atoms with van der Waals surface area (Å²) < 4.78 is 5.77. The van der Waals surface area contributed by atoms with Crippen LogP contribution < -0.4 is 10.5 Å². The van der Waals surface area contributed by atoms with Gasteiger partial charge in [-0.25, -0.2) is 4.98 Å². The van der Waals surface area contributed by atoms with Gasteiger partial charge in [-0.3, -0.25) is 0 Å². The minimum absolute atomic E-state index is 0.138. The molecule has 0 atom stereocenters. The second kappa shape index (κ2) is 4.92. The first-order valence-corrected chi connectivity index (χ1v) is 6.37. The highest BCUT2D eigenvalue weighted by molar-refractivity contribution is 5.44. The van der Waals surface area contributed by atoms with E-state index in [9.17, 15) is 0 Å².